The van der Waals surface area contributed by atoms with Crippen LogP contribution in [0.25, 0.3) is 10.9 Å². The van der Waals surface area contributed by atoms with Gasteiger partial charge in [-0.1, -0.05) is 0 Å². The Balaban J connectivity index is 1.67. The van der Waals surface area contributed by atoms with Crippen LogP contribution in [-0.2, 0) is 6.42 Å². The lowest BCUT2D eigenvalue weighted by molar-refractivity contribution is 0.0931. The van der Waals surface area contributed by atoms with Crippen LogP contribution < -0.4 is 10.1 Å². The Bertz CT molecular complexity index is 886. The number of benzene rings is 1. The topological polar surface area (TPSA) is 67.0 Å². The summed E-state index contributed by atoms with van der Waals surface area (Å²) in [5.74, 6) is 0.767. The average Bonchev–Trinajstić information content (AvgIpc) is 3.01. The summed E-state index contributed by atoms with van der Waals surface area (Å²) in [6.07, 6.45) is 6.26. The number of hydrogen-bond donors (Lipinski definition) is 2. The number of pyridine rings is 1. The molecule has 1 amide bonds. The molecule has 0 fully saturated rings. The molecular formula is C19H19N3O2. The van der Waals surface area contributed by atoms with E-state index in [2.05, 4.69) is 21.4 Å². The van der Waals surface area contributed by atoms with Crippen LogP contribution in [0.2, 0.25) is 0 Å². The van der Waals surface area contributed by atoms with Crippen LogP contribution in [0.3, 0.4) is 0 Å². The van der Waals surface area contributed by atoms with Gasteiger partial charge in [0.1, 0.15) is 5.75 Å². The van der Waals surface area contributed by atoms with Crippen LogP contribution in [0.1, 0.15) is 40.5 Å². The number of rotatable bonds is 3. The lowest BCUT2D eigenvalue weighted by atomic mass is 9.91. The Morgan fingerprint density at radius 1 is 1.38 bits per heavy atom. The highest BCUT2D eigenvalue weighted by Gasteiger charge is 2.26. The van der Waals surface area contributed by atoms with Crippen molar-refractivity contribution < 1.29 is 9.53 Å². The predicted molar refractivity (Wildman–Crippen MR) is 92.2 cm³/mol. The lowest BCUT2D eigenvalue weighted by Gasteiger charge is -2.23. The monoisotopic (exact) mass is 321 g/mol. The van der Waals surface area contributed by atoms with E-state index < -0.39 is 0 Å². The van der Waals surface area contributed by atoms with E-state index >= 15 is 0 Å². The molecule has 4 rings (SSSR count). The summed E-state index contributed by atoms with van der Waals surface area (Å²) in [7, 11) is 1.68. The fourth-order valence-electron chi connectivity index (χ4n) is 3.45. The zero-order valence-electron chi connectivity index (χ0n) is 13.5. The number of amides is 1. The van der Waals surface area contributed by atoms with Crippen molar-refractivity contribution in [1.29, 1.82) is 0 Å². The first-order valence-corrected chi connectivity index (χ1v) is 8.15. The molecule has 2 aromatic heterocycles. The first-order chi connectivity index (χ1) is 11.8. The van der Waals surface area contributed by atoms with Crippen LogP contribution in [-0.4, -0.2) is 23.0 Å². The maximum absolute atomic E-state index is 12.5. The van der Waals surface area contributed by atoms with Crippen LogP contribution in [0.5, 0.6) is 5.75 Å². The quantitative estimate of drug-likeness (QED) is 0.777. The standard InChI is InChI=1S/C19H19N3O2/c1-24-13-7-8-16-15(10-13)14-5-2-6-17(18(14)21-16)22-19(23)12-4-3-9-20-11-12/h3-4,7-11,17,21H,2,5-6H2,1H3,(H,22,23)/t17-/m0/s1. The van der Waals surface area contributed by atoms with Gasteiger partial charge in [-0.2, -0.15) is 0 Å². The number of nitrogens with zero attached hydrogens (tertiary/aromatic N) is 1. The van der Waals surface area contributed by atoms with E-state index in [9.17, 15) is 4.79 Å². The third kappa shape index (κ3) is 2.52. The number of carbonyl (C=O) groups is 1. The van der Waals surface area contributed by atoms with Gasteiger partial charge in [-0.25, -0.2) is 0 Å². The van der Waals surface area contributed by atoms with Crippen molar-refractivity contribution in [2.24, 2.45) is 0 Å². The minimum atomic E-state index is -0.0859. The first-order valence-electron chi connectivity index (χ1n) is 8.15. The minimum absolute atomic E-state index is 0.000138. The van der Waals surface area contributed by atoms with E-state index in [0.717, 1.165) is 36.2 Å². The number of H-pyrrole nitrogens is 1. The number of aromatic amines is 1. The summed E-state index contributed by atoms with van der Waals surface area (Å²) in [5, 5.41) is 4.32. The van der Waals surface area contributed by atoms with E-state index in [4.69, 9.17) is 4.74 Å². The normalized spacial score (nSPS) is 16.6. The van der Waals surface area contributed by atoms with Crippen molar-refractivity contribution in [2.75, 3.05) is 7.11 Å². The second-order valence-electron chi connectivity index (χ2n) is 6.09. The van der Waals surface area contributed by atoms with Crippen LogP contribution in [0.15, 0.2) is 42.7 Å². The van der Waals surface area contributed by atoms with Crippen molar-refractivity contribution in [3.05, 3.63) is 59.5 Å². The van der Waals surface area contributed by atoms with Crippen molar-refractivity contribution in [2.45, 2.75) is 25.3 Å². The summed E-state index contributed by atoms with van der Waals surface area (Å²) in [6.45, 7) is 0. The summed E-state index contributed by atoms with van der Waals surface area (Å²) >= 11 is 0. The number of nitrogens with one attached hydrogen (secondary N) is 2. The first kappa shape index (κ1) is 14.8. The third-order valence-electron chi connectivity index (χ3n) is 4.64. The molecule has 5 nitrogen and oxygen atoms in total. The Labute approximate surface area is 140 Å². The molecule has 2 N–H and O–H groups in total. The minimum Gasteiger partial charge on any atom is -0.497 e. The zero-order chi connectivity index (χ0) is 16.5. The maximum atomic E-state index is 12.5. The van der Waals surface area contributed by atoms with E-state index in [-0.39, 0.29) is 11.9 Å². The molecule has 1 aliphatic rings. The van der Waals surface area contributed by atoms with Gasteiger partial charge in [0.05, 0.1) is 18.7 Å². The molecule has 0 aliphatic heterocycles. The molecule has 0 saturated heterocycles. The van der Waals surface area contributed by atoms with Crippen LogP contribution >= 0.6 is 0 Å². The van der Waals surface area contributed by atoms with E-state index in [1.54, 1.807) is 31.6 Å². The molecule has 24 heavy (non-hydrogen) atoms. The highest BCUT2D eigenvalue weighted by atomic mass is 16.5. The molecule has 1 aromatic carbocycles. The van der Waals surface area contributed by atoms with Gasteiger partial charge in [0.25, 0.3) is 5.91 Å². The van der Waals surface area contributed by atoms with Crippen molar-refractivity contribution in [3.8, 4) is 5.75 Å². The van der Waals surface area contributed by atoms with Gasteiger partial charge in [-0.15, -0.1) is 0 Å². The highest BCUT2D eigenvalue weighted by Crippen LogP contribution is 2.36. The van der Waals surface area contributed by atoms with E-state index in [0.29, 0.717) is 5.56 Å². The molecule has 0 radical (unpaired) electrons. The van der Waals surface area contributed by atoms with Gasteiger partial charge < -0.3 is 15.0 Å². The SMILES string of the molecule is COc1ccc2[nH]c3c(c2c1)CCC[C@@H]3NC(=O)c1cccnc1. The number of carbonyl (C=O) groups excluding carboxylic acids is 1. The number of aryl methyl sites for hydroxylation is 1. The van der Waals surface area contributed by atoms with Gasteiger partial charge in [0.15, 0.2) is 0 Å². The Hall–Kier alpha value is -2.82. The van der Waals surface area contributed by atoms with Crippen molar-refractivity contribution in [1.82, 2.24) is 15.3 Å². The average molecular weight is 321 g/mol. The molecule has 3 aromatic rings. The van der Waals surface area contributed by atoms with Crippen molar-refractivity contribution >= 4 is 16.8 Å². The number of fused-ring (bicyclic) bond motifs is 3. The molecule has 0 saturated carbocycles. The largest absolute Gasteiger partial charge is 0.497 e. The molecule has 1 aliphatic carbocycles. The maximum Gasteiger partial charge on any atom is 0.253 e. The smallest absolute Gasteiger partial charge is 0.253 e. The number of methoxy groups -OCH3 is 1. The number of hydrogen-bond acceptors (Lipinski definition) is 3. The second-order valence-corrected chi connectivity index (χ2v) is 6.09. The molecule has 0 unspecified atom stereocenters. The van der Waals surface area contributed by atoms with Crippen LogP contribution in [0.4, 0.5) is 0 Å². The van der Waals surface area contributed by atoms with E-state index in [1.807, 2.05) is 12.1 Å². The van der Waals surface area contributed by atoms with Gasteiger partial charge in [0, 0.05) is 29.0 Å². The predicted octanol–water partition coefficient (Wildman–Crippen LogP) is 3.38. The molecule has 1 atom stereocenters. The third-order valence-corrected chi connectivity index (χ3v) is 4.64. The zero-order valence-corrected chi connectivity index (χ0v) is 13.5. The molecule has 5 heteroatoms. The molecular weight excluding hydrogens is 302 g/mol. The molecule has 122 valence electrons. The Morgan fingerprint density at radius 3 is 3.08 bits per heavy atom. The summed E-state index contributed by atoms with van der Waals surface area (Å²) in [6, 6.07) is 9.61. The highest BCUT2D eigenvalue weighted by molar-refractivity contribution is 5.94. The van der Waals surface area contributed by atoms with Gasteiger partial charge in [-0.05, 0) is 55.2 Å². The van der Waals surface area contributed by atoms with Gasteiger partial charge in [0.2, 0.25) is 0 Å². The fraction of sp³-hybridized carbons (Fsp3) is 0.263. The molecule has 0 bridgehead atoms. The van der Waals surface area contributed by atoms with Gasteiger partial charge >= 0.3 is 0 Å². The summed E-state index contributed by atoms with van der Waals surface area (Å²) in [4.78, 5) is 20.0. The molecule has 2 heterocycles. The van der Waals surface area contributed by atoms with Crippen LogP contribution in [0, 0.1) is 0 Å². The fourth-order valence-corrected chi connectivity index (χ4v) is 3.45. The lowest BCUT2D eigenvalue weighted by Crippen LogP contribution is -2.31. The summed E-state index contributed by atoms with van der Waals surface area (Å²) < 4.78 is 5.34. The van der Waals surface area contributed by atoms with Crippen molar-refractivity contribution in [3.63, 3.8) is 0 Å². The Kier molecular flexibility index (Phi) is 3.69. The number of aromatic nitrogens is 2. The second kappa shape index (κ2) is 6.00. The number of ether oxygens (including phenoxy) is 1. The Morgan fingerprint density at radius 2 is 2.29 bits per heavy atom. The van der Waals surface area contributed by atoms with E-state index in [1.165, 1.54) is 10.9 Å². The summed E-state index contributed by atoms with van der Waals surface area (Å²) in [5.41, 5.74) is 4.07. The van der Waals surface area contributed by atoms with Gasteiger partial charge in [-0.3, -0.25) is 9.78 Å². The molecule has 0 spiro atoms.